The second kappa shape index (κ2) is 37.7. The zero-order valence-electron chi connectivity index (χ0n) is 62.7. The predicted molar refractivity (Wildman–Crippen MR) is 415 cm³/mol. The maximum absolute atomic E-state index is 12.5. The van der Waals surface area contributed by atoms with Crippen molar-refractivity contribution < 1.29 is 96.7 Å². The van der Waals surface area contributed by atoms with Gasteiger partial charge in [-0.05, 0) is 245 Å². The predicted octanol–water partition coefficient (Wildman–Crippen LogP) is 15.7. The number of benzene rings is 8. The molecule has 5 aliphatic rings. The Balaban J connectivity index is 0.000000137. The molecule has 576 valence electrons. The summed E-state index contributed by atoms with van der Waals surface area (Å²) < 4.78 is 49.7. The maximum atomic E-state index is 12.5. The molecule has 1 N–H and O–H groups in total. The summed E-state index contributed by atoms with van der Waals surface area (Å²) in [6.45, 7) is 16.2. The smallest absolute Gasteiger partial charge is 0.312 e. The zero-order valence-corrected chi connectivity index (χ0v) is 65.7. The van der Waals surface area contributed by atoms with E-state index in [-0.39, 0.29) is 107 Å². The van der Waals surface area contributed by atoms with E-state index in [9.17, 15) is 33.9 Å². The second-order valence-electron chi connectivity index (χ2n) is 28.5. The van der Waals surface area contributed by atoms with Gasteiger partial charge in [-0.25, -0.2) is 0 Å². The van der Waals surface area contributed by atoms with Crippen molar-refractivity contribution in [3.63, 3.8) is 0 Å². The summed E-state index contributed by atoms with van der Waals surface area (Å²) in [4.78, 5) is 79.0. The van der Waals surface area contributed by atoms with Crippen LogP contribution in [0.3, 0.4) is 0 Å². The number of carbonyl (C=O) groups is 6. The maximum Gasteiger partial charge on any atom is 0.312 e. The van der Waals surface area contributed by atoms with E-state index in [0.717, 1.165) is 102 Å². The van der Waals surface area contributed by atoms with Gasteiger partial charge in [0, 0.05) is 53.5 Å². The van der Waals surface area contributed by atoms with Crippen LogP contribution in [0.25, 0.3) is 87.0 Å². The van der Waals surface area contributed by atoms with Crippen molar-refractivity contribution in [1.82, 2.24) is 35.3 Å². The van der Waals surface area contributed by atoms with Crippen LogP contribution >= 0.6 is 0 Å². The van der Waals surface area contributed by atoms with Gasteiger partial charge in [-0.3, -0.25) is 43.5 Å². The molecule has 4 aromatic heterocycles. The minimum Gasteiger partial charge on any atom is -0.508 e. The van der Waals surface area contributed by atoms with E-state index in [1.54, 1.807) is 38.1 Å². The van der Waals surface area contributed by atoms with Gasteiger partial charge in [-0.15, -0.1) is 0 Å². The number of aromatic hydroxyl groups is 1. The molecule has 8 aromatic carbocycles. The molecule has 23 nitrogen and oxygen atoms in total. The number of likely N-dealkylation sites (tertiary alicyclic amines) is 3. The number of nitrogens with zero attached hydrogens (tertiary/aromatic N) is 7. The summed E-state index contributed by atoms with van der Waals surface area (Å²) in [6, 6.07) is 38.4. The second-order valence-corrected chi connectivity index (χ2v) is 28.5. The first kappa shape index (κ1) is 79.6. The fraction of sp³-hybridized carbons (Fsp3) is 0.407. The number of hydrogen-bond donors (Lipinski definition) is 1. The third-order valence-electron chi connectivity index (χ3n) is 21.1. The molecule has 0 radical (unpaired) electrons. The van der Waals surface area contributed by atoms with Crippen LogP contribution < -0.4 is 14.2 Å². The third-order valence-corrected chi connectivity index (χ3v) is 21.1. The van der Waals surface area contributed by atoms with E-state index in [1.807, 2.05) is 97.1 Å². The summed E-state index contributed by atoms with van der Waals surface area (Å²) in [6.07, 6.45) is 13.8. The largest absolute Gasteiger partial charge is 0.508 e. The molecule has 0 bridgehead atoms. The van der Waals surface area contributed by atoms with Crippen LogP contribution in [0.4, 0.5) is 0 Å². The number of esters is 2. The summed E-state index contributed by atoms with van der Waals surface area (Å²) in [7, 11) is 0. The Labute approximate surface area is 651 Å². The molecular weight excluding hydrogens is 1570 g/mol. The number of rotatable bonds is 20. The molecule has 0 amide bonds. The van der Waals surface area contributed by atoms with Crippen molar-refractivity contribution in [1.29, 1.82) is 0 Å². The van der Waals surface area contributed by atoms with Crippen molar-refractivity contribution in [2.75, 3.05) is 91.9 Å². The van der Waals surface area contributed by atoms with Crippen LogP contribution in [0.2, 0.25) is 0 Å². The van der Waals surface area contributed by atoms with Gasteiger partial charge in [-0.2, -0.15) is 0 Å². The Hall–Kier alpha value is -9.93. The fourth-order valence-electron chi connectivity index (χ4n) is 15.6. The summed E-state index contributed by atoms with van der Waals surface area (Å²) in [5.41, 5.74) is 5.10. The topological polar surface area (TPSA) is 283 Å². The first-order valence-corrected chi connectivity index (χ1v) is 38.2. The number of aromatic nitrogens is 4. The van der Waals surface area contributed by atoms with Gasteiger partial charge in [0.05, 0.1) is 72.3 Å². The average Bonchev–Trinajstić information content (AvgIpc) is 1.04. The minimum absolute atomic E-state index is 0. The Morgan fingerprint density at radius 1 is 0.427 bits per heavy atom. The molecule has 5 fully saturated rings. The zero-order chi connectivity index (χ0) is 74.5. The fourth-order valence-corrected chi connectivity index (χ4v) is 15.6. The molecule has 3 saturated heterocycles. The molecule has 7 heterocycles. The van der Waals surface area contributed by atoms with Gasteiger partial charge < -0.3 is 54.3 Å². The van der Waals surface area contributed by atoms with Gasteiger partial charge in [0.15, 0.2) is 22.3 Å². The quantitative estimate of drug-likeness (QED) is 0.0421. The van der Waals surface area contributed by atoms with Crippen LogP contribution in [0, 0.1) is 7.43 Å². The SMILES string of the molecule is CCOC(=O)Cc1noc2ccc3cc(O)ccc3c12.CCOC(=O)Cc1noc2ccc3cc(OCCN4CCCCC4)ccc3c12.O=C1CCC(c2noc3ccc4cc(OCCN5CCCCC5)ccc4c23)C(=O)C1.O=C1CCC(c2noc3ccc4cc(OCCN5CCCCC5)ccc4c23)C(=O)C1.[CH3-].[W]. The molecular formula is C86H94N7O16W-. The first-order chi connectivity index (χ1) is 52.8. The van der Waals surface area contributed by atoms with Gasteiger partial charge in [-0.1, -0.05) is 64.2 Å². The Bertz CT molecular complexity index is 5060. The van der Waals surface area contributed by atoms with E-state index in [1.165, 1.54) is 97.1 Å². The van der Waals surface area contributed by atoms with E-state index in [0.29, 0.717) is 104 Å². The van der Waals surface area contributed by atoms with E-state index < -0.39 is 0 Å². The number of phenolic OH excluding ortho intramolecular Hbond substituents is 1. The molecule has 110 heavy (non-hydrogen) atoms. The minimum atomic E-state index is -0.366. The number of carbonyl (C=O) groups excluding carboxylic acids is 6. The number of piperidine rings is 3. The van der Waals surface area contributed by atoms with Gasteiger partial charge in [0.2, 0.25) is 0 Å². The molecule has 17 rings (SSSR count). The summed E-state index contributed by atoms with van der Waals surface area (Å²) in [5, 5.41) is 37.3. The first-order valence-electron chi connectivity index (χ1n) is 38.2. The monoisotopic (exact) mass is 1660 g/mol. The van der Waals surface area contributed by atoms with E-state index in [2.05, 4.69) is 35.3 Å². The van der Waals surface area contributed by atoms with Gasteiger partial charge in [0.25, 0.3) is 0 Å². The molecule has 2 saturated carbocycles. The molecule has 2 atom stereocenters. The molecule has 24 heteroatoms. The molecule has 2 unspecified atom stereocenters. The van der Waals surface area contributed by atoms with Crippen LogP contribution in [0.5, 0.6) is 23.0 Å². The van der Waals surface area contributed by atoms with Crippen molar-refractivity contribution in [3.05, 3.63) is 152 Å². The molecule has 0 spiro atoms. The molecule has 3 aliphatic heterocycles. The number of fused-ring (bicyclic) bond motifs is 12. The van der Waals surface area contributed by atoms with E-state index in [4.69, 9.17) is 41.8 Å². The van der Waals surface area contributed by atoms with Gasteiger partial charge in [0.1, 0.15) is 88.7 Å². The van der Waals surface area contributed by atoms with Crippen LogP contribution in [0.15, 0.2) is 139 Å². The summed E-state index contributed by atoms with van der Waals surface area (Å²) in [5.74, 6) is 1.28. The molecule has 2 aliphatic carbocycles. The number of Topliss-reactive ketones (excluding diaryl/α,β-unsaturated/α-hetero) is 4. The van der Waals surface area contributed by atoms with Crippen molar-refractivity contribution in [2.24, 2.45) is 0 Å². The van der Waals surface area contributed by atoms with Gasteiger partial charge >= 0.3 is 11.9 Å². The van der Waals surface area contributed by atoms with Crippen LogP contribution in [-0.2, 0) is 72.1 Å². The van der Waals surface area contributed by atoms with Crippen molar-refractivity contribution in [3.8, 4) is 23.0 Å². The van der Waals surface area contributed by atoms with E-state index >= 15 is 0 Å². The number of phenols is 1. The number of ketones is 4. The average molecular weight is 1670 g/mol. The molecule has 12 aromatic rings. The van der Waals surface area contributed by atoms with Crippen LogP contribution in [0.1, 0.15) is 145 Å². The number of hydrogen-bond acceptors (Lipinski definition) is 23. The standard InChI is InChI=1S/2C24H26N2O4.C22H26N2O4.C15H13NO4.CH3.W/c2*27-17-5-7-20(21(28)15-17)24-23-19-8-6-18(14-16(19)4-9-22(23)30-25-24)29-13-12-26-10-2-1-3-11-26;1-2-26-21(25)15-19-22-18-8-7-17(14-16(18)6-9-20(22)28-23-19)27-13-12-24-10-4-3-5-11-24;1-2-19-14(18)8-12-15-11-5-4-10(17)7-9(11)3-6-13(15)20-16-12;;/h2*4,6,8-9,14,20H,1-3,5,7,10-13,15H2;6-9,14H,2-5,10-13,15H2,1H3;3-7,17H,2,8H2,1H3;1H3;/q;;;;-1;. The normalized spacial score (nSPS) is 17.3. The third kappa shape index (κ3) is 19.1. The number of ether oxygens (including phenoxy) is 5. The Kier molecular flexibility index (Phi) is 27.3. The Morgan fingerprint density at radius 2 is 0.755 bits per heavy atom. The van der Waals surface area contributed by atoms with Crippen molar-refractivity contribution >= 4 is 122 Å². The summed E-state index contributed by atoms with van der Waals surface area (Å²) >= 11 is 0. The van der Waals surface area contributed by atoms with Crippen LogP contribution in [-0.4, -0.2) is 167 Å². The Morgan fingerprint density at radius 3 is 1.11 bits per heavy atom. The van der Waals surface area contributed by atoms with Crippen molar-refractivity contribution in [2.45, 2.75) is 135 Å².